The maximum atomic E-state index is 5.23. The van der Waals surface area contributed by atoms with Gasteiger partial charge in [0, 0.05) is 4.90 Å². The van der Waals surface area contributed by atoms with Gasteiger partial charge in [0.05, 0.1) is 12.8 Å². The minimum atomic E-state index is 0.665. The van der Waals surface area contributed by atoms with Crippen molar-refractivity contribution in [3.05, 3.63) is 18.2 Å². The van der Waals surface area contributed by atoms with Crippen molar-refractivity contribution in [2.24, 2.45) is 5.84 Å². The van der Waals surface area contributed by atoms with Crippen LogP contribution < -0.4 is 16.0 Å². The Kier molecular flexibility index (Phi) is 2.62. The van der Waals surface area contributed by atoms with E-state index in [4.69, 9.17) is 10.6 Å². The molecule has 0 saturated carbocycles. The average Bonchev–Trinajstić information content (AvgIpc) is 2.04. The molecular formula is C7H10N2OS. The molecule has 0 aliphatic heterocycles. The molecule has 3 nitrogen and oxygen atoms in total. The van der Waals surface area contributed by atoms with Crippen LogP contribution in [0.1, 0.15) is 0 Å². The number of hydrazine groups is 1. The van der Waals surface area contributed by atoms with Crippen molar-refractivity contribution in [3.8, 4) is 5.75 Å². The molecule has 0 aromatic heterocycles. The molecule has 0 radical (unpaired) electrons. The number of hydrogen-bond donors (Lipinski definition) is 3. The second-order valence-electron chi connectivity index (χ2n) is 2.00. The van der Waals surface area contributed by atoms with Crippen LogP contribution in [-0.4, -0.2) is 7.11 Å². The van der Waals surface area contributed by atoms with E-state index in [1.165, 1.54) is 0 Å². The minimum Gasteiger partial charge on any atom is -0.493 e. The maximum Gasteiger partial charge on any atom is 0.156 e. The molecule has 1 aromatic rings. The SMILES string of the molecule is COc1c(S)cccc1NN. The Morgan fingerprint density at radius 3 is 2.73 bits per heavy atom. The Hall–Kier alpha value is -0.870. The van der Waals surface area contributed by atoms with Gasteiger partial charge in [0.1, 0.15) is 0 Å². The zero-order valence-electron chi connectivity index (χ0n) is 6.16. The molecule has 0 heterocycles. The molecule has 0 amide bonds. The van der Waals surface area contributed by atoms with Crippen LogP contribution in [0.15, 0.2) is 23.1 Å². The van der Waals surface area contributed by atoms with Crippen molar-refractivity contribution in [1.29, 1.82) is 0 Å². The van der Waals surface area contributed by atoms with Gasteiger partial charge in [0.2, 0.25) is 0 Å². The maximum absolute atomic E-state index is 5.23. The third-order valence-electron chi connectivity index (χ3n) is 1.35. The topological polar surface area (TPSA) is 47.3 Å². The number of nitrogens with two attached hydrogens (primary N) is 1. The summed E-state index contributed by atoms with van der Waals surface area (Å²) in [6.07, 6.45) is 0. The zero-order valence-corrected chi connectivity index (χ0v) is 7.06. The second kappa shape index (κ2) is 3.50. The minimum absolute atomic E-state index is 0.665. The van der Waals surface area contributed by atoms with Crippen molar-refractivity contribution >= 4 is 18.3 Å². The van der Waals surface area contributed by atoms with Gasteiger partial charge in [-0.15, -0.1) is 12.6 Å². The molecule has 1 aromatic carbocycles. The average molecular weight is 170 g/mol. The molecule has 0 aliphatic rings. The molecule has 0 atom stereocenters. The van der Waals surface area contributed by atoms with Gasteiger partial charge in [-0.1, -0.05) is 6.07 Å². The number of hydrogen-bond acceptors (Lipinski definition) is 4. The molecule has 0 unspecified atom stereocenters. The fraction of sp³-hybridized carbons (Fsp3) is 0.143. The second-order valence-corrected chi connectivity index (χ2v) is 2.48. The lowest BCUT2D eigenvalue weighted by Crippen LogP contribution is -2.08. The fourth-order valence-electron chi connectivity index (χ4n) is 0.853. The van der Waals surface area contributed by atoms with Gasteiger partial charge >= 0.3 is 0 Å². The normalized spacial score (nSPS) is 9.36. The molecule has 0 spiro atoms. The van der Waals surface area contributed by atoms with Crippen LogP contribution in [0, 0.1) is 0 Å². The highest BCUT2D eigenvalue weighted by Gasteiger charge is 2.02. The number of ether oxygens (including phenoxy) is 1. The van der Waals surface area contributed by atoms with E-state index < -0.39 is 0 Å². The van der Waals surface area contributed by atoms with Crippen LogP contribution in [0.3, 0.4) is 0 Å². The van der Waals surface area contributed by atoms with E-state index in [2.05, 4.69) is 18.1 Å². The molecule has 4 heteroatoms. The first-order valence-corrected chi connectivity index (χ1v) is 3.57. The number of rotatable bonds is 2. The lowest BCUT2D eigenvalue weighted by atomic mass is 10.3. The zero-order chi connectivity index (χ0) is 8.27. The fourth-order valence-corrected chi connectivity index (χ4v) is 1.15. The lowest BCUT2D eigenvalue weighted by Gasteiger charge is -2.08. The predicted molar refractivity (Wildman–Crippen MR) is 48.1 cm³/mol. The van der Waals surface area contributed by atoms with Gasteiger partial charge in [-0.3, -0.25) is 5.84 Å². The first-order valence-electron chi connectivity index (χ1n) is 3.12. The summed E-state index contributed by atoms with van der Waals surface area (Å²) in [5, 5.41) is 0. The van der Waals surface area contributed by atoms with E-state index in [1.807, 2.05) is 18.2 Å². The van der Waals surface area contributed by atoms with Crippen LogP contribution in [-0.2, 0) is 0 Å². The molecule has 60 valence electrons. The van der Waals surface area contributed by atoms with E-state index in [1.54, 1.807) is 7.11 Å². The molecule has 0 fully saturated rings. The Labute approximate surface area is 70.9 Å². The Bertz CT molecular complexity index is 252. The van der Waals surface area contributed by atoms with Crippen LogP contribution in [0.5, 0.6) is 5.75 Å². The molecule has 0 bridgehead atoms. The van der Waals surface area contributed by atoms with Crippen LogP contribution in [0.25, 0.3) is 0 Å². The van der Waals surface area contributed by atoms with E-state index in [9.17, 15) is 0 Å². The Balaban J connectivity index is 3.13. The number of benzene rings is 1. The van der Waals surface area contributed by atoms with Crippen LogP contribution >= 0.6 is 12.6 Å². The number of thiol groups is 1. The van der Waals surface area contributed by atoms with Gasteiger partial charge in [0.15, 0.2) is 5.75 Å². The summed E-state index contributed by atoms with van der Waals surface area (Å²) in [6, 6.07) is 5.50. The van der Waals surface area contributed by atoms with Crippen molar-refractivity contribution in [1.82, 2.24) is 0 Å². The van der Waals surface area contributed by atoms with Gasteiger partial charge in [0.25, 0.3) is 0 Å². The Morgan fingerprint density at radius 2 is 2.27 bits per heavy atom. The summed E-state index contributed by atoms with van der Waals surface area (Å²) in [7, 11) is 1.58. The number of nitrogen functional groups attached to an aromatic ring is 1. The standard InChI is InChI=1S/C7H10N2OS/c1-10-7-5(9-8)3-2-4-6(7)11/h2-4,9,11H,8H2,1H3. The quantitative estimate of drug-likeness (QED) is 0.356. The van der Waals surface area contributed by atoms with E-state index in [-0.39, 0.29) is 0 Å². The number of methoxy groups -OCH3 is 1. The van der Waals surface area contributed by atoms with Crippen LogP contribution in [0.2, 0.25) is 0 Å². The number of para-hydroxylation sites is 1. The molecule has 1 rings (SSSR count). The van der Waals surface area contributed by atoms with Crippen molar-refractivity contribution in [2.75, 3.05) is 12.5 Å². The van der Waals surface area contributed by atoms with Crippen molar-refractivity contribution < 1.29 is 4.74 Å². The molecule has 3 N–H and O–H groups in total. The molecule has 0 saturated heterocycles. The first-order chi connectivity index (χ1) is 5.29. The summed E-state index contributed by atoms with van der Waals surface area (Å²) in [5.74, 6) is 5.90. The summed E-state index contributed by atoms with van der Waals surface area (Å²) >= 11 is 4.18. The van der Waals surface area contributed by atoms with Crippen molar-refractivity contribution in [3.63, 3.8) is 0 Å². The Morgan fingerprint density at radius 1 is 1.55 bits per heavy atom. The third-order valence-corrected chi connectivity index (χ3v) is 1.71. The highest BCUT2D eigenvalue weighted by molar-refractivity contribution is 7.80. The highest BCUT2D eigenvalue weighted by atomic mass is 32.1. The molecule has 11 heavy (non-hydrogen) atoms. The van der Waals surface area contributed by atoms with Crippen LogP contribution in [0.4, 0.5) is 5.69 Å². The van der Waals surface area contributed by atoms with Crippen molar-refractivity contribution in [2.45, 2.75) is 4.90 Å². The van der Waals surface area contributed by atoms with Gasteiger partial charge in [-0.05, 0) is 12.1 Å². The van der Waals surface area contributed by atoms with E-state index in [0.29, 0.717) is 5.75 Å². The smallest absolute Gasteiger partial charge is 0.156 e. The summed E-state index contributed by atoms with van der Waals surface area (Å²) in [4.78, 5) is 0.767. The summed E-state index contributed by atoms with van der Waals surface area (Å²) < 4.78 is 5.05. The van der Waals surface area contributed by atoms with E-state index >= 15 is 0 Å². The molecular weight excluding hydrogens is 160 g/mol. The highest BCUT2D eigenvalue weighted by Crippen LogP contribution is 2.29. The lowest BCUT2D eigenvalue weighted by molar-refractivity contribution is 0.407. The van der Waals surface area contributed by atoms with Gasteiger partial charge in [-0.25, -0.2) is 0 Å². The van der Waals surface area contributed by atoms with Gasteiger partial charge in [-0.2, -0.15) is 0 Å². The summed E-state index contributed by atoms with van der Waals surface area (Å²) in [6.45, 7) is 0. The van der Waals surface area contributed by atoms with Gasteiger partial charge < -0.3 is 10.2 Å². The molecule has 0 aliphatic carbocycles. The number of anilines is 1. The predicted octanol–water partition coefficient (Wildman–Crippen LogP) is 1.27. The first kappa shape index (κ1) is 8.23. The summed E-state index contributed by atoms with van der Waals surface area (Å²) in [5.41, 5.74) is 3.25. The largest absolute Gasteiger partial charge is 0.493 e. The number of nitrogens with one attached hydrogen (secondary N) is 1. The third kappa shape index (κ3) is 1.58. The monoisotopic (exact) mass is 170 g/mol. The van der Waals surface area contributed by atoms with E-state index in [0.717, 1.165) is 10.6 Å².